The molecule has 0 aromatic heterocycles. The molecule has 3 nitrogen and oxygen atoms in total. The van der Waals surface area contributed by atoms with Crippen LogP contribution < -0.4 is 14.8 Å². The van der Waals surface area contributed by atoms with Crippen molar-refractivity contribution < 1.29 is 13.9 Å². The topological polar surface area (TPSA) is 30.5 Å². The Morgan fingerprint density at radius 1 is 1.24 bits per heavy atom. The van der Waals surface area contributed by atoms with Gasteiger partial charge in [0.1, 0.15) is 23.9 Å². The van der Waals surface area contributed by atoms with Crippen LogP contribution in [0.25, 0.3) is 0 Å². The Morgan fingerprint density at radius 2 is 2.05 bits per heavy atom. The van der Waals surface area contributed by atoms with E-state index in [-0.39, 0.29) is 18.0 Å². The van der Waals surface area contributed by atoms with Gasteiger partial charge in [-0.2, -0.15) is 0 Å². The van der Waals surface area contributed by atoms with Crippen LogP contribution in [0.1, 0.15) is 17.2 Å². The van der Waals surface area contributed by atoms with Gasteiger partial charge in [-0.3, -0.25) is 0 Å². The molecule has 4 heteroatoms. The lowest BCUT2D eigenvalue weighted by Crippen LogP contribution is -2.41. The van der Waals surface area contributed by atoms with Crippen LogP contribution in [0, 0.1) is 12.7 Å². The Bertz CT molecular complexity index is 644. The van der Waals surface area contributed by atoms with Crippen molar-refractivity contribution in [1.29, 1.82) is 0 Å². The maximum Gasteiger partial charge on any atom is 0.152 e. The highest BCUT2D eigenvalue weighted by Crippen LogP contribution is 2.33. The Morgan fingerprint density at radius 3 is 2.81 bits per heavy atom. The van der Waals surface area contributed by atoms with Gasteiger partial charge in [0, 0.05) is 11.6 Å². The van der Waals surface area contributed by atoms with Crippen molar-refractivity contribution in [3.63, 3.8) is 0 Å². The fourth-order valence-corrected chi connectivity index (χ4v) is 2.60. The van der Waals surface area contributed by atoms with E-state index in [1.165, 1.54) is 6.07 Å². The normalized spacial score (nSPS) is 20.5. The number of hydrogen-bond acceptors (Lipinski definition) is 3. The molecule has 3 rings (SSSR count). The highest BCUT2D eigenvalue weighted by molar-refractivity contribution is 5.39. The summed E-state index contributed by atoms with van der Waals surface area (Å²) >= 11 is 0. The molecule has 1 aliphatic heterocycles. The third-order valence-electron chi connectivity index (χ3n) is 3.77. The van der Waals surface area contributed by atoms with Crippen LogP contribution in [0.4, 0.5) is 4.39 Å². The quantitative estimate of drug-likeness (QED) is 0.940. The highest BCUT2D eigenvalue weighted by atomic mass is 19.1. The van der Waals surface area contributed by atoms with Crippen LogP contribution in [0.3, 0.4) is 0 Å². The number of nitrogens with one attached hydrogen (secondary N) is 1. The molecule has 2 unspecified atom stereocenters. The van der Waals surface area contributed by atoms with Gasteiger partial charge in [-0.05, 0) is 31.7 Å². The van der Waals surface area contributed by atoms with Gasteiger partial charge in [0.15, 0.2) is 6.10 Å². The molecule has 0 fully saturated rings. The summed E-state index contributed by atoms with van der Waals surface area (Å²) in [5.74, 6) is 1.13. The van der Waals surface area contributed by atoms with Gasteiger partial charge in [-0.15, -0.1) is 0 Å². The summed E-state index contributed by atoms with van der Waals surface area (Å²) in [6.45, 7) is 2.16. The lowest BCUT2D eigenvalue weighted by atomic mass is 9.98. The average molecular weight is 287 g/mol. The van der Waals surface area contributed by atoms with E-state index in [9.17, 15) is 4.39 Å². The van der Waals surface area contributed by atoms with E-state index in [1.807, 2.05) is 31.3 Å². The molecule has 2 aromatic rings. The Labute approximate surface area is 123 Å². The van der Waals surface area contributed by atoms with Gasteiger partial charge in [-0.25, -0.2) is 4.39 Å². The number of ether oxygens (including phenoxy) is 2. The van der Waals surface area contributed by atoms with Crippen LogP contribution in [0.15, 0.2) is 42.5 Å². The van der Waals surface area contributed by atoms with E-state index in [1.54, 1.807) is 19.1 Å². The van der Waals surface area contributed by atoms with Gasteiger partial charge >= 0.3 is 0 Å². The molecule has 2 atom stereocenters. The summed E-state index contributed by atoms with van der Waals surface area (Å²) in [5.41, 5.74) is 1.67. The molecule has 0 radical (unpaired) electrons. The van der Waals surface area contributed by atoms with Crippen molar-refractivity contribution in [2.24, 2.45) is 0 Å². The SMILES string of the molecule is CNC1c2ccccc2OCC1Oc1ccc(C)c(F)c1. The highest BCUT2D eigenvalue weighted by Gasteiger charge is 2.31. The third-order valence-corrected chi connectivity index (χ3v) is 3.77. The Kier molecular flexibility index (Phi) is 3.80. The zero-order chi connectivity index (χ0) is 14.8. The Balaban J connectivity index is 1.84. The van der Waals surface area contributed by atoms with Gasteiger partial charge in [0.05, 0.1) is 6.04 Å². The smallest absolute Gasteiger partial charge is 0.152 e. The molecule has 110 valence electrons. The Hall–Kier alpha value is -2.07. The molecule has 1 aliphatic rings. The first kappa shape index (κ1) is 13.9. The molecule has 0 amide bonds. The number of hydrogen-bond donors (Lipinski definition) is 1. The number of benzene rings is 2. The van der Waals surface area contributed by atoms with E-state index in [2.05, 4.69) is 5.32 Å². The predicted molar refractivity (Wildman–Crippen MR) is 79.3 cm³/mol. The van der Waals surface area contributed by atoms with Gasteiger partial charge in [0.2, 0.25) is 0 Å². The summed E-state index contributed by atoms with van der Waals surface area (Å²) in [4.78, 5) is 0. The molecule has 21 heavy (non-hydrogen) atoms. The minimum atomic E-state index is -0.259. The van der Waals surface area contributed by atoms with Crippen molar-refractivity contribution in [2.45, 2.75) is 19.1 Å². The van der Waals surface area contributed by atoms with E-state index >= 15 is 0 Å². The van der Waals surface area contributed by atoms with E-state index in [0.717, 1.165) is 11.3 Å². The second-order valence-electron chi connectivity index (χ2n) is 5.18. The number of fused-ring (bicyclic) bond motifs is 1. The number of likely N-dealkylation sites (N-methyl/N-ethyl adjacent to an activating group) is 1. The van der Waals surface area contributed by atoms with Crippen LogP contribution in [-0.4, -0.2) is 19.8 Å². The summed E-state index contributed by atoms with van der Waals surface area (Å²) in [5, 5.41) is 3.26. The average Bonchev–Trinajstić information content (AvgIpc) is 2.51. The summed E-state index contributed by atoms with van der Waals surface area (Å²) in [6, 6.07) is 12.8. The lowest BCUT2D eigenvalue weighted by Gasteiger charge is -2.33. The van der Waals surface area contributed by atoms with Crippen LogP contribution in [0.2, 0.25) is 0 Å². The fourth-order valence-electron chi connectivity index (χ4n) is 2.60. The van der Waals surface area contributed by atoms with Crippen molar-refractivity contribution in [3.05, 3.63) is 59.4 Å². The number of para-hydroxylation sites is 1. The first-order valence-electron chi connectivity index (χ1n) is 7.01. The van der Waals surface area contributed by atoms with E-state index in [0.29, 0.717) is 17.9 Å². The first-order chi connectivity index (χ1) is 10.2. The molecule has 2 aromatic carbocycles. The molecular formula is C17H18FNO2. The zero-order valence-electron chi connectivity index (χ0n) is 12.1. The number of aryl methyl sites for hydroxylation is 1. The molecule has 0 saturated carbocycles. The molecule has 0 saturated heterocycles. The molecule has 1 heterocycles. The van der Waals surface area contributed by atoms with Crippen LogP contribution >= 0.6 is 0 Å². The van der Waals surface area contributed by atoms with Crippen molar-refractivity contribution in [1.82, 2.24) is 5.32 Å². The van der Waals surface area contributed by atoms with Gasteiger partial charge in [-0.1, -0.05) is 24.3 Å². The van der Waals surface area contributed by atoms with Crippen molar-refractivity contribution in [2.75, 3.05) is 13.7 Å². The minimum absolute atomic E-state index is 0.0133. The summed E-state index contributed by atoms with van der Waals surface area (Å²) in [7, 11) is 1.89. The molecule has 0 bridgehead atoms. The molecule has 0 aliphatic carbocycles. The molecular weight excluding hydrogens is 269 g/mol. The van der Waals surface area contributed by atoms with Crippen molar-refractivity contribution in [3.8, 4) is 11.5 Å². The fraction of sp³-hybridized carbons (Fsp3) is 0.294. The largest absolute Gasteiger partial charge is 0.489 e. The first-order valence-corrected chi connectivity index (χ1v) is 7.01. The van der Waals surface area contributed by atoms with Crippen molar-refractivity contribution >= 4 is 0 Å². The number of halogens is 1. The van der Waals surface area contributed by atoms with Gasteiger partial charge in [0.25, 0.3) is 0 Å². The van der Waals surface area contributed by atoms with Crippen LogP contribution in [0.5, 0.6) is 11.5 Å². The maximum absolute atomic E-state index is 13.6. The summed E-state index contributed by atoms with van der Waals surface area (Å²) < 4.78 is 25.3. The second kappa shape index (κ2) is 5.74. The summed E-state index contributed by atoms with van der Waals surface area (Å²) in [6.07, 6.45) is -0.202. The minimum Gasteiger partial charge on any atom is -0.489 e. The third kappa shape index (κ3) is 2.72. The predicted octanol–water partition coefficient (Wildman–Crippen LogP) is 3.23. The zero-order valence-corrected chi connectivity index (χ0v) is 12.1. The monoisotopic (exact) mass is 287 g/mol. The molecule has 0 spiro atoms. The molecule has 1 N–H and O–H groups in total. The number of rotatable bonds is 3. The van der Waals surface area contributed by atoms with Crippen LogP contribution in [-0.2, 0) is 0 Å². The van der Waals surface area contributed by atoms with E-state index < -0.39 is 0 Å². The standard InChI is InChI=1S/C17H18FNO2/c1-11-7-8-12(9-14(11)18)21-16-10-20-15-6-4-3-5-13(15)17(16)19-2/h3-9,16-17,19H,10H2,1-2H3. The van der Waals surface area contributed by atoms with E-state index in [4.69, 9.17) is 9.47 Å². The maximum atomic E-state index is 13.6. The van der Waals surface area contributed by atoms with Gasteiger partial charge < -0.3 is 14.8 Å². The second-order valence-corrected chi connectivity index (χ2v) is 5.18. The lowest BCUT2D eigenvalue weighted by molar-refractivity contribution is 0.0771.